The smallest absolute Gasteiger partial charge is 0.122 e. The average Bonchev–Trinajstić information content (AvgIpc) is 2.43. The van der Waals surface area contributed by atoms with Crippen LogP contribution in [0.15, 0.2) is 18.2 Å². The second-order valence-electron chi connectivity index (χ2n) is 6.04. The van der Waals surface area contributed by atoms with Gasteiger partial charge in [-0.15, -0.1) is 0 Å². The van der Waals surface area contributed by atoms with Crippen LogP contribution in [0.25, 0.3) is 0 Å². The first-order valence-electron chi connectivity index (χ1n) is 7.40. The second-order valence-corrected chi connectivity index (χ2v) is 6.04. The number of benzene rings is 1. The third-order valence-corrected chi connectivity index (χ3v) is 3.69. The molecular weight excluding hydrogens is 250 g/mol. The SMILES string of the molecule is CCCNC(C)CC(C)(C)c1cc(OC)cc(OC)c1. The lowest BCUT2D eigenvalue weighted by molar-refractivity contribution is 0.373. The van der Waals surface area contributed by atoms with Crippen molar-refractivity contribution < 1.29 is 9.47 Å². The van der Waals surface area contributed by atoms with Gasteiger partial charge in [-0.05, 0) is 49.4 Å². The van der Waals surface area contributed by atoms with Gasteiger partial charge in [0.2, 0.25) is 0 Å². The molecule has 0 spiro atoms. The lowest BCUT2D eigenvalue weighted by atomic mass is 9.79. The van der Waals surface area contributed by atoms with E-state index in [1.807, 2.05) is 6.07 Å². The number of hydrogen-bond donors (Lipinski definition) is 1. The van der Waals surface area contributed by atoms with E-state index in [0.717, 1.165) is 30.9 Å². The van der Waals surface area contributed by atoms with Crippen molar-refractivity contribution in [3.05, 3.63) is 23.8 Å². The van der Waals surface area contributed by atoms with E-state index in [1.165, 1.54) is 5.56 Å². The zero-order valence-corrected chi connectivity index (χ0v) is 13.7. The highest BCUT2D eigenvalue weighted by Crippen LogP contribution is 2.34. The van der Waals surface area contributed by atoms with Crippen LogP contribution in [-0.2, 0) is 5.41 Å². The van der Waals surface area contributed by atoms with Crippen LogP contribution >= 0.6 is 0 Å². The summed E-state index contributed by atoms with van der Waals surface area (Å²) in [6.07, 6.45) is 2.24. The number of nitrogens with one attached hydrogen (secondary N) is 1. The van der Waals surface area contributed by atoms with Crippen LogP contribution < -0.4 is 14.8 Å². The molecular formula is C17H29NO2. The molecule has 0 amide bonds. The Bertz CT molecular complexity index is 393. The molecule has 1 rings (SSSR count). The van der Waals surface area contributed by atoms with Gasteiger partial charge in [0.15, 0.2) is 0 Å². The first-order chi connectivity index (χ1) is 9.42. The van der Waals surface area contributed by atoms with E-state index < -0.39 is 0 Å². The summed E-state index contributed by atoms with van der Waals surface area (Å²) >= 11 is 0. The molecule has 0 saturated carbocycles. The Balaban J connectivity index is 2.90. The lowest BCUT2D eigenvalue weighted by Gasteiger charge is -2.30. The molecule has 0 aliphatic heterocycles. The standard InChI is InChI=1S/C17H29NO2/c1-7-8-18-13(2)12-17(3,4)14-9-15(19-5)11-16(10-14)20-6/h9-11,13,18H,7-8,12H2,1-6H3. The van der Waals surface area contributed by atoms with Crippen molar-refractivity contribution in [3.63, 3.8) is 0 Å². The monoisotopic (exact) mass is 279 g/mol. The quantitative estimate of drug-likeness (QED) is 0.786. The molecule has 1 N–H and O–H groups in total. The first kappa shape index (κ1) is 16.8. The Morgan fingerprint density at radius 2 is 1.65 bits per heavy atom. The molecule has 20 heavy (non-hydrogen) atoms. The maximum absolute atomic E-state index is 5.37. The predicted octanol–water partition coefficient (Wildman–Crippen LogP) is 3.76. The van der Waals surface area contributed by atoms with E-state index in [4.69, 9.17) is 9.47 Å². The third-order valence-electron chi connectivity index (χ3n) is 3.69. The van der Waals surface area contributed by atoms with Crippen LogP contribution in [0.2, 0.25) is 0 Å². The molecule has 1 unspecified atom stereocenters. The van der Waals surface area contributed by atoms with Crippen LogP contribution in [-0.4, -0.2) is 26.8 Å². The van der Waals surface area contributed by atoms with Gasteiger partial charge in [-0.1, -0.05) is 20.8 Å². The first-order valence-corrected chi connectivity index (χ1v) is 7.40. The van der Waals surface area contributed by atoms with Crippen molar-refractivity contribution in [2.24, 2.45) is 0 Å². The van der Waals surface area contributed by atoms with Gasteiger partial charge in [0, 0.05) is 12.1 Å². The van der Waals surface area contributed by atoms with E-state index in [9.17, 15) is 0 Å². The topological polar surface area (TPSA) is 30.5 Å². The zero-order valence-electron chi connectivity index (χ0n) is 13.7. The van der Waals surface area contributed by atoms with Crippen molar-refractivity contribution >= 4 is 0 Å². The fourth-order valence-electron chi connectivity index (χ4n) is 2.54. The summed E-state index contributed by atoms with van der Waals surface area (Å²) in [5.74, 6) is 1.70. The molecule has 1 atom stereocenters. The normalized spacial score (nSPS) is 13.1. The van der Waals surface area contributed by atoms with Crippen molar-refractivity contribution in [2.75, 3.05) is 20.8 Å². The van der Waals surface area contributed by atoms with E-state index in [0.29, 0.717) is 6.04 Å². The van der Waals surface area contributed by atoms with Gasteiger partial charge in [-0.25, -0.2) is 0 Å². The van der Waals surface area contributed by atoms with Crippen LogP contribution in [0.1, 0.15) is 46.1 Å². The van der Waals surface area contributed by atoms with Gasteiger partial charge >= 0.3 is 0 Å². The van der Waals surface area contributed by atoms with Crippen molar-refractivity contribution in [1.82, 2.24) is 5.32 Å². The highest BCUT2D eigenvalue weighted by Gasteiger charge is 2.24. The number of rotatable bonds is 8. The second kappa shape index (κ2) is 7.53. The minimum Gasteiger partial charge on any atom is -0.497 e. The van der Waals surface area contributed by atoms with Crippen molar-refractivity contribution in [1.29, 1.82) is 0 Å². The van der Waals surface area contributed by atoms with Gasteiger partial charge in [-0.3, -0.25) is 0 Å². The molecule has 0 aliphatic carbocycles. The van der Waals surface area contributed by atoms with Crippen LogP contribution in [0.3, 0.4) is 0 Å². The summed E-state index contributed by atoms with van der Waals surface area (Å²) in [7, 11) is 3.38. The van der Waals surface area contributed by atoms with Crippen molar-refractivity contribution in [3.8, 4) is 11.5 Å². The zero-order chi connectivity index (χ0) is 15.2. The van der Waals surface area contributed by atoms with Gasteiger partial charge in [-0.2, -0.15) is 0 Å². The fraction of sp³-hybridized carbons (Fsp3) is 0.647. The fourth-order valence-corrected chi connectivity index (χ4v) is 2.54. The molecule has 1 aromatic rings. The summed E-state index contributed by atoms with van der Waals surface area (Å²) in [5, 5.41) is 3.55. The predicted molar refractivity (Wildman–Crippen MR) is 84.9 cm³/mol. The lowest BCUT2D eigenvalue weighted by Crippen LogP contribution is -2.33. The molecule has 0 aromatic heterocycles. The maximum atomic E-state index is 5.37. The summed E-state index contributed by atoms with van der Waals surface area (Å²) in [6.45, 7) is 10.0. The Labute approximate surface area is 123 Å². The minimum atomic E-state index is 0.0714. The van der Waals surface area contributed by atoms with E-state index in [1.54, 1.807) is 14.2 Å². The van der Waals surface area contributed by atoms with Gasteiger partial charge in [0.05, 0.1) is 14.2 Å². The van der Waals surface area contributed by atoms with Gasteiger partial charge in [0.1, 0.15) is 11.5 Å². The Kier molecular flexibility index (Phi) is 6.34. The largest absolute Gasteiger partial charge is 0.497 e. The molecule has 0 radical (unpaired) electrons. The molecule has 3 heteroatoms. The Morgan fingerprint density at radius 3 is 2.10 bits per heavy atom. The highest BCUT2D eigenvalue weighted by molar-refractivity contribution is 5.41. The minimum absolute atomic E-state index is 0.0714. The number of methoxy groups -OCH3 is 2. The van der Waals surface area contributed by atoms with Crippen LogP contribution in [0.4, 0.5) is 0 Å². The molecule has 3 nitrogen and oxygen atoms in total. The number of ether oxygens (including phenoxy) is 2. The van der Waals surface area contributed by atoms with E-state index >= 15 is 0 Å². The Morgan fingerprint density at radius 1 is 1.10 bits per heavy atom. The molecule has 0 saturated heterocycles. The van der Waals surface area contributed by atoms with Gasteiger partial charge < -0.3 is 14.8 Å². The maximum Gasteiger partial charge on any atom is 0.122 e. The molecule has 0 heterocycles. The third kappa shape index (κ3) is 4.71. The molecule has 0 aliphatic rings. The molecule has 0 bridgehead atoms. The van der Waals surface area contributed by atoms with Crippen LogP contribution in [0.5, 0.6) is 11.5 Å². The number of hydrogen-bond acceptors (Lipinski definition) is 3. The Hall–Kier alpha value is -1.22. The van der Waals surface area contributed by atoms with E-state index in [-0.39, 0.29) is 5.41 Å². The highest BCUT2D eigenvalue weighted by atomic mass is 16.5. The van der Waals surface area contributed by atoms with Crippen molar-refractivity contribution in [2.45, 2.75) is 52.0 Å². The average molecular weight is 279 g/mol. The molecule has 114 valence electrons. The molecule has 0 fully saturated rings. The van der Waals surface area contributed by atoms with Gasteiger partial charge in [0.25, 0.3) is 0 Å². The van der Waals surface area contributed by atoms with Crippen LogP contribution in [0, 0.1) is 0 Å². The molecule has 1 aromatic carbocycles. The summed E-state index contributed by atoms with van der Waals surface area (Å²) in [5.41, 5.74) is 1.32. The van der Waals surface area contributed by atoms with E-state index in [2.05, 4.69) is 45.1 Å². The summed E-state index contributed by atoms with van der Waals surface area (Å²) in [6, 6.07) is 6.62. The summed E-state index contributed by atoms with van der Waals surface area (Å²) in [4.78, 5) is 0. The summed E-state index contributed by atoms with van der Waals surface area (Å²) < 4.78 is 10.7.